The maximum Gasteiger partial charge on any atom is 0.313 e. The quantitative estimate of drug-likeness (QED) is 0.809. The summed E-state index contributed by atoms with van der Waals surface area (Å²) in [6, 6.07) is 7.09. The third kappa shape index (κ3) is 3.58. The Balaban J connectivity index is 2.17. The zero-order valence-corrected chi connectivity index (χ0v) is 11.4. The first-order valence-electron chi connectivity index (χ1n) is 5.69. The number of benzene rings is 1. The van der Waals surface area contributed by atoms with Gasteiger partial charge in [0.25, 0.3) is 0 Å². The van der Waals surface area contributed by atoms with Crippen molar-refractivity contribution in [1.82, 2.24) is 14.8 Å². The highest BCUT2D eigenvalue weighted by Gasteiger charge is 2.09. The molecular formula is C12H12N4O3S. The van der Waals surface area contributed by atoms with E-state index in [0.29, 0.717) is 10.8 Å². The fourth-order valence-electron chi connectivity index (χ4n) is 1.53. The van der Waals surface area contributed by atoms with Crippen LogP contribution in [0.2, 0.25) is 0 Å². The van der Waals surface area contributed by atoms with Gasteiger partial charge in [0.1, 0.15) is 6.33 Å². The van der Waals surface area contributed by atoms with Crippen molar-refractivity contribution in [3.05, 3.63) is 30.6 Å². The van der Waals surface area contributed by atoms with E-state index in [1.54, 1.807) is 28.8 Å². The molecule has 2 N–H and O–H groups in total. The van der Waals surface area contributed by atoms with E-state index >= 15 is 0 Å². The van der Waals surface area contributed by atoms with Gasteiger partial charge in [-0.15, -0.1) is 10.2 Å². The van der Waals surface area contributed by atoms with Gasteiger partial charge in [0.15, 0.2) is 5.16 Å². The minimum Gasteiger partial charge on any atom is -0.481 e. The van der Waals surface area contributed by atoms with E-state index in [4.69, 9.17) is 5.11 Å². The molecule has 2 aromatic rings. The SMILES string of the molecule is CC(=O)Nc1ccc(-n2cnnc2SCC(=O)O)cc1. The van der Waals surface area contributed by atoms with Gasteiger partial charge in [-0.05, 0) is 24.3 Å². The first-order chi connectivity index (χ1) is 9.56. The molecule has 1 heterocycles. The topological polar surface area (TPSA) is 97.1 Å². The molecule has 7 nitrogen and oxygen atoms in total. The van der Waals surface area contributed by atoms with Crippen LogP contribution in [0.4, 0.5) is 5.69 Å². The molecule has 0 radical (unpaired) electrons. The Hall–Kier alpha value is -2.35. The Morgan fingerprint density at radius 2 is 2.05 bits per heavy atom. The van der Waals surface area contributed by atoms with Crippen LogP contribution < -0.4 is 5.32 Å². The number of carboxylic acid groups (broad SMARTS) is 1. The summed E-state index contributed by atoms with van der Waals surface area (Å²) in [5.41, 5.74) is 1.48. The maximum absolute atomic E-state index is 10.9. The first-order valence-corrected chi connectivity index (χ1v) is 6.67. The van der Waals surface area contributed by atoms with Crippen LogP contribution in [0.5, 0.6) is 0 Å². The molecule has 1 amide bonds. The number of carbonyl (C=O) groups is 2. The van der Waals surface area contributed by atoms with Crippen LogP contribution in [0.3, 0.4) is 0 Å². The largest absolute Gasteiger partial charge is 0.481 e. The molecule has 0 saturated heterocycles. The predicted molar refractivity (Wildman–Crippen MR) is 74.0 cm³/mol. The summed E-state index contributed by atoms with van der Waals surface area (Å²) in [6.07, 6.45) is 1.51. The highest BCUT2D eigenvalue weighted by Crippen LogP contribution is 2.20. The molecule has 2 rings (SSSR count). The van der Waals surface area contributed by atoms with E-state index in [-0.39, 0.29) is 11.7 Å². The monoisotopic (exact) mass is 292 g/mol. The number of aromatic nitrogens is 3. The molecule has 0 aliphatic rings. The van der Waals surface area contributed by atoms with E-state index in [9.17, 15) is 9.59 Å². The lowest BCUT2D eigenvalue weighted by Gasteiger charge is -2.07. The molecule has 20 heavy (non-hydrogen) atoms. The summed E-state index contributed by atoms with van der Waals surface area (Å²) < 4.78 is 1.69. The van der Waals surface area contributed by atoms with Crippen molar-refractivity contribution in [1.29, 1.82) is 0 Å². The number of rotatable bonds is 5. The molecule has 8 heteroatoms. The highest BCUT2D eigenvalue weighted by atomic mass is 32.2. The number of carbonyl (C=O) groups excluding carboxylic acids is 1. The second-order valence-corrected chi connectivity index (χ2v) is 4.84. The Morgan fingerprint density at radius 3 is 2.65 bits per heavy atom. The average molecular weight is 292 g/mol. The van der Waals surface area contributed by atoms with Gasteiger partial charge in [0.05, 0.1) is 5.75 Å². The lowest BCUT2D eigenvalue weighted by molar-refractivity contribution is -0.133. The zero-order chi connectivity index (χ0) is 14.5. The van der Waals surface area contributed by atoms with Crippen molar-refractivity contribution in [2.45, 2.75) is 12.1 Å². The molecule has 0 spiro atoms. The second kappa shape index (κ2) is 6.20. The fraction of sp³-hybridized carbons (Fsp3) is 0.167. The summed E-state index contributed by atoms with van der Waals surface area (Å²) in [6.45, 7) is 1.44. The Kier molecular flexibility index (Phi) is 4.36. The Bertz CT molecular complexity index is 624. The van der Waals surface area contributed by atoms with Crippen LogP contribution in [0, 0.1) is 0 Å². The van der Waals surface area contributed by atoms with Crippen molar-refractivity contribution in [3.8, 4) is 5.69 Å². The number of nitrogens with one attached hydrogen (secondary N) is 1. The van der Waals surface area contributed by atoms with E-state index in [2.05, 4.69) is 15.5 Å². The van der Waals surface area contributed by atoms with E-state index in [1.807, 2.05) is 0 Å². The van der Waals surface area contributed by atoms with Gasteiger partial charge in [0, 0.05) is 18.3 Å². The third-order valence-corrected chi connectivity index (χ3v) is 3.23. The highest BCUT2D eigenvalue weighted by molar-refractivity contribution is 7.99. The van der Waals surface area contributed by atoms with Crippen molar-refractivity contribution in [2.24, 2.45) is 0 Å². The predicted octanol–water partition coefficient (Wildman–Crippen LogP) is 1.40. The molecular weight excluding hydrogens is 280 g/mol. The zero-order valence-electron chi connectivity index (χ0n) is 10.6. The molecule has 104 valence electrons. The lowest BCUT2D eigenvalue weighted by atomic mass is 10.3. The normalized spacial score (nSPS) is 10.2. The van der Waals surface area contributed by atoms with Crippen LogP contribution in [-0.4, -0.2) is 37.5 Å². The fourth-order valence-corrected chi connectivity index (χ4v) is 2.18. The molecule has 0 fully saturated rings. The van der Waals surface area contributed by atoms with Gasteiger partial charge < -0.3 is 10.4 Å². The van der Waals surface area contributed by atoms with Gasteiger partial charge in [-0.25, -0.2) is 0 Å². The standard InChI is InChI=1S/C12H12N4O3S/c1-8(17)14-9-2-4-10(5-3-9)16-7-13-15-12(16)20-6-11(18)19/h2-5,7H,6H2,1H3,(H,14,17)(H,18,19). The number of anilines is 1. The van der Waals surface area contributed by atoms with Crippen molar-refractivity contribution < 1.29 is 14.7 Å². The number of amides is 1. The lowest BCUT2D eigenvalue weighted by Crippen LogP contribution is -2.06. The second-order valence-electron chi connectivity index (χ2n) is 3.89. The van der Waals surface area contributed by atoms with Crippen LogP contribution in [0.1, 0.15) is 6.92 Å². The molecule has 0 aliphatic heterocycles. The van der Waals surface area contributed by atoms with Crippen LogP contribution in [0.15, 0.2) is 35.7 Å². The molecule has 0 aliphatic carbocycles. The molecule has 0 atom stereocenters. The summed E-state index contributed by atoms with van der Waals surface area (Å²) in [5, 5.41) is 19.5. The first kappa shape index (κ1) is 14.1. The van der Waals surface area contributed by atoms with Crippen molar-refractivity contribution >= 4 is 29.3 Å². The molecule has 0 saturated carbocycles. The van der Waals surface area contributed by atoms with Crippen LogP contribution in [-0.2, 0) is 9.59 Å². The van der Waals surface area contributed by atoms with Gasteiger partial charge in [-0.2, -0.15) is 0 Å². The van der Waals surface area contributed by atoms with Gasteiger partial charge >= 0.3 is 5.97 Å². The van der Waals surface area contributed by atoms with E-state index < -0.39 is 5.97 Å². The van der Waals surface area contributed by atoms with Gasteiger partial charge in [0.2, 0.25) is 5.91 Å². The van der Waals surface area contributed by atoms with Crippen LogP contribution >= 0.6 is 11.8 Å². The van der Waals surface area contributed by atoms with Gasteiger partial charge in [-0.1, -0.05) is 11.8 Å². The Morgan fingerprint density at radius 1 is 1.35 bits per heavy atom. The number of thioether (sulfide) groups is 1. The van der Waals surface area contributed by atoms with Crippen molar-refractivity contribution in [2.75, 3.05) is 11.1 Å². The number of hydrogen-bond donors (Lipinski definition) is 2. The van der Waals surface area contributed by atoms with Gasteiger partial charge in [-0.3, -0.25) is 14.2 Å². The Labute approximate surface area is 119 Å². The molecule has 0 bridgehead atoms. The molecule has 1 aromatic carbocycles. The molecule has 1 aromatic heterocycles. The summed E-state index contributed by atoms with van der Waals surface area (Å²) in [4.78, 5) is 21.5. The summed E-state index contributed by atoms with van der Waals surface area (Å²) in [7, 11) is 0. The van der Waals surface area contributed by atoms with E-state index in [1.165, 1.54) is 13.3 Å². The average Bonchev–Trinajstić information content (AvgIpc) is 2.85. The number of nitrogens with zero attached hydrogens (tertiary/aromatic N) is 3. The van der Waals surface area contributed by atoms with E-state index in [0.717, 1.165) is 17.4 Å². The number of carboxylic acids is 1. The maximum atomic E-state index is 10.9. The molecule has 0 unspecified atom stereocenters. The van der Waals surface area contributed by atoms with Crippen LogP contribution in [0.25, 0.3) is 5.69 Å². The summed E-state index contributed by atoms with van der Waals surface area (Å²) >= 11 is 1.09. The van der Waals surface area contributed by atoms with Crippen molar-refractivity contribution in [3.63, 3.8) is 0 Å². The third-order valence-electron chi connectivity index (χ3n) is 2.31. The minimum atomic E-state index is -0.912. The smallest absolute Gasteiger partial charge is 0.313 e. The number of hydrogen-bond acceptors (Lipinski definition) is 5. The number of aliphatic carboxylic acids is 1. The minimum absolute atomic E-state index is 0.0807. The summed E-state index contributed by atoms with van der Waals surface area (Å²) in [5.74, 6) is -1.13.